The first-order valence-corrected chi connectivity index (χ1v) is 8.59. The zero-order chi connectivity index (χ0) is 16.3. The molecule has 2 saturated carbocycles. The van der Waals surface area contributed by atoms with Crippen LogP contribution in [0.5, 0.6) is 0 Å². The van der Waals surface area contributed by atoms with Crippen molar-refractivity contribution in [2.24, 2.45) is 29.6 Å². The molecule has 0 aromatic rings. The van der Waals surface area contributed by atoms with Crippen molar-refractivity contribution < 1.29 is 33.7 Å². The SMILES string of the molecule is O=C1NC2C(OC(=O)C3C4CC5C(OC(=O)C53)C4O)C3CC1C2O3. The number of amides is 1. The number of carbonyl (C=O) groups is 3. The number of fused-ring (bicyclic) bond motifs is 2. The van der Waals surface area contributed by atoms with Crippen molar-refractivity contribution in [3.05, 3.63) is 0 Å². The summed E-state index contributed by atoms with van der Waals surface area (Å²) in [5, 5.41) is 13.1. The Morgan fingerprint density at radius 3 is 2.88 bits per heavy atom. The molecule has 2 N–H and O–H groups in total. The van der Waals surface area contributed by atoms with Crippen LogP contribution < -0.4 is 5.32 Å². The van der Waals surface area contributed by atoms with E-state index in [4.69, 9.17) is 14.2 Å². The molecule has 0 aromatic carbocycles. The lowest BCUT2D eigenvalue weighted by Crippen LogP contribution is -2.48. The summed E-state index contributed by atoms with van der Waals surface area (Å²) in [5.41, 5.74) is 0. The van der Waals surface area contributed by atoms with Crippen molar-refractivity contribution >= 4 is 17.8 Å². The Morgan fingerprint density at radius 2 is 2.04 bits per heavy atom. The van der Waals surface area contributed by atoms with Crippen LogP contribution in [-0.2, 0) is 28.6 Å². The highest BCUT2D eigenvalue weighted by Gasteiger charge is 2.69. The number of esters is 2. The third-order valence-electron chi connectivity index (χ3n) is 7.03. The maximum atomic E-state index is 12.8. The van der Waals surface area contributed by atoms with E-state index in [-0.39, 0.29) is 41.9 Å². The van der Waals surface area contributed by atoms with Gasteiger partial charge in [0.25, 0.3) is 0 Å². The summed E-state index contributed by atoms with van der Waals surface area (Å²) in [4.78, 5) is 36.7. The monoisotopic (exact) mass is 335 g/mol. The molecule has 0 aromatic heterocycles. The highest BCUT2D eigenvalue weighted by Crippen LogP contribution is 2.58. The van der Waals surface area contributed by atoms with Crippen LogP contribution >= 0.6 is 0 Å². The van der Waals surface area contributed by atoms with E-state index in [1.165, 1.54) is 0 Å². The van der Waals surface area contributed by atoms with Gasteiger partial charge in [-0.2, -0.15) is 0 Å². The Kier molecular flexibility index (Phi) is 2.33. The third kappa shape index (κ3) is 1.37. The highest BCUT2D eigenvalue weighted by atomic mass is 16.6. The molecule has 1 amide bonds. The molecule has 6 rings (SSSR count). The summed E-state index contributed by atoms with van der Waals surface area (Å²) in [6.07, 6.45) is -1.05. The minimum absolute atomic E-state index is 0.0383. The lowest BCUT2D eigenvalue weighted by molar-refractivity contribution is -0.164. The van der Waals surface area contributed by atoms with Gasteiger partial charge in [0.15, 0.2) is 6.10 Å². The fraction of sp³-hybridized carbons (Fsp3) is 0.812. The maximum absolute atomic E-state index is 12.8. The van der Waals surface area contributed by atoms with Gasteiger partial charge in [0.1, 0.15) is 6.10 Å². The first kappa shape index (κ1) is 13.6. The van der Waals surface area contributed by atoms with E-state index in [0.29, 0.717) is 12.8 Å². The molecule has 8 nitrogen and oxygen atoms in total. The Labute approximate surface area is 136 Å². The van der Waals surface area contributed by atoms with Gasteiger partial charge in [-0.25, -0.2) is 0 Å². The van der Waals surface area contributed by atoms with Crippen molar-refractivity contribution in [1.29, 1.82) is 0 Å². The molecule has 128 valence electrons. The average Bonchev–Trinajstić information content (AvgIpc) is 3.30. The van der Waals surface area contributed by atoms with Gasteiger partial charge in [-0.3, -0.25) is 14.4 Å². The maximum Gasteiger partial charge on any atom is 0.310 e. The van der Waals surface area contributed by atoms with Crippen LogP contribution in [-0.4, -0.2) is 59.5 Å². The number of hydrogen-bond acceptors (Lipinski definition) is 7. The smallest absolute Gasteiger partial charge is 0.310 e. The van der Waals surface area contributed by atoms with Crippen LogP contribution in [0.3, 0.4) is 0 Å². The fourth-order valence-electron chi connectivity index (χ4n) is 6.09. The van der Waals surface area contributed by atoms with E-state index in [1.54, 1.807) is 0 Å². The quantitative estimate of drug-likeness (QED) is 0.582. The molecule has 2 aliphatic carbocycles. The van der Waals surface area contributed by atoms with E-state index in [0.717, 1.165) is 0 Å². The van der Waals surface area contributed by atoms with Gasteiger partial charge in [0.05, 0.1) is 42.1 Å². The second kappa shape index (κ2) is 4.11. The zero-order valence-corrected chi connectivity index (χ0v) is 12.7. The minimum atomic E-state index is -0.790. The number of rotatable bonds is 2. The molecule has 11 unspecified atom stereocenters. The molecule has 6 aliphatic rings. The van der Waals surface area contributed by atoms with Gasteiger partial charge < -0.3 is 24.6 Å². The van der Waals surface area contributed by atoms with Gasteiger partial charge in [0, 0.05) is 11.8 Å². The standard InChI is InChI=1S/C16H17NO7/c18-10-3-1-4-8(16(21)23-12(4)10)7(3)15(20)24-13-6-2-5-11(22-6)9(13)17-14(5)19/h3-13,18H,1-2H2,(H,17,19). The van der Waals surface area contributed by atoms with Crippen molar-refractivity contribution in [3.8, 4) is 0 Å². The van der Waals surface area contributed by atoms with E-state index in [1.807, 2.05) is 0 Å². The van der Waals surface area contributed by atoms with Gasteiger partial charge in [0.2, 0.25) is 5.91 Å². The molecular formula is C16H17NO7. The summed E-state index contributed by atoms with van der Waals surface area (Å²) in [7, 11) is 0. The third-order valence-corrected chi connectivity index (χ3v) is 7.03. The lowest BCUT2D eigenvalue weighted by atomic mass is 9.78. The van der Waals surface area contributed by atoms with Crippen molar-refractivity contribution in [2.75, 3.05) is 0 Å². The van der Waals surface area contributed by atoms with Crippen LogP contribution in [0.25, 0.3) is 0 Å². The fourth-order valence-corrected chi connectivity index (χ4v) is 6.09. The lowest BCUT2D eigenvalue weighted by Gasteiger charge is -2.30. The van der Waals surface area contributed by atoms with E-state index < -0.39 is 42.1 Å². The van der Waals surface area contributed by atoms with E-state index in [9.17, 15) is 19.5 Å². The van der Waals surface area contributed by atoms with Gasteiger partial charge in [-0.1, -0.05) is 0 Å². The van der Waals surface area contributed by atoms with E-state index in [2.05, 4.69) is 5.32 Å². The summed E-state index contributed by atoms with van der Waals surface area (Å²) in [6, 6.07) is -0.294. The minimum Gasteiger partial charge on any atom is -0.459 e. The summed E-state index contributed by atoms with van der Waals surface area (Å²) < 4.78 is 16.7. The number of aliphatic hydroxyl groups excluding tert-OH is 1. The molecule has 6 fully saturated rings. The van der Waals surface area contributed by atoms with E-state index >= 15 is 0 Å². The average molecular weight is 335 g/mol. The number of aliphatic hydroxyl groups is 1. The summed E-state index contributed by atoms with van der Waals surface area (Å²) in [6.45, 7) is 0. The predicted octanol–water partition coefficient (Wildman–Crippen LogP) is -1.65. The van der Waals surface area contributed by atoms with Crippen LogP contribution in [0.4, 0.5) is 0 Å². The first-order valence-electron chi connectivity index (χ1n) is 8.59. The molecule has 24 heavy (non-hydrogen) atoms. The Hall–Kier alpha value is -1.67. The van der Waals surface area contributed by atoms with Gasteiger partial charge in [-0.05, 0) is 12.8 Å². The van der Waals surface area contributed by atoms with Gasteiger partial charge in [-0.15, -0.1) is 0 Å². The van der Waals surface area contributed by atoms with Gasteiger partial charge >= 0.3 is 11.9 Å². The number of ether oxygens (including phenoxy) is 3. The Balaban J connectivity index is 1.25. The molecule has 0 spiro atoms. The zero-order valence-electron chi connectivity index (χ0n) is 12.7. The Morgan fingerprint density at radius 1 is 1.21 bits per heavy atom. The molecule has 4 aliphatic heterocycles. The van der Waals surface area contributed by atoms with Crippen LogP contribution in [0.15, 0.2) is 0 Å². The number of hydrogen-bond donors (Lipinski definition) is 2. The van der Waals surface area contributed by atoms with Crippen molar-refractivity contribution in [1.82, 2.24) is 5.32 Å². The number of nitrogens with one attached hydrogen (secondary N) is 1. The largest absolute Gasteiger partial charge is 0.459 e. The number of carbonyl (C=O) groups excluding carboxylic acids is 3. The molecule has 4 bridgehead atoms. The first-order chi connectivity index (χ1) is 11.5. The topological polar surface area (TPSA) is 111 Å². The molecule has 4 heterocycles. The van der Waals surface area contributed by atoms with Crippen LogP contribution in [0.2, 0.25) is 0 Å². The normalized spacial score (nSPS) is 58.3. The van der Waals surface area contributed by atoms with Crippen molar-refractivity contribution in [2.45, 2.75) is 49.4 Å². The Bertz CT molecular complexity index is 679. The molecule has 0 radical (unpaired) electrons. The van der Waals surface area contributed by atoms with Crippen LogP contribution in [0, 0.1) is 29.6 Å². The molecule has 4 saturated heterocycles. The second-order valence-corrected chi connectivity index (χ2v) is 7.92. The molecular weight excluding hydrogens is 318 g/mol. The second-order valence-electron chi connectivity index (χ2n) is 7.92. The summed E-state index contributed by atoms with van der Waals surface area (Å²) in [5.74, 6) is -2.55. The summed E-state index contributed by atoms with van der Waals surface area (Å²) >= 11 is 0. The molecule has 8 heteroatoms. The van der Waals surface area contributed by atoms with Crippen molar-refractivity contribution in [3.63, 3.8) is 0 Å². The molecule has 11 atom stereocenters. The predicted molar refractivity (Wildman–Crippen MR) is 73.0 cm³/mol. The van der Waals surface area contributed by atoms with Crippen LogP contribution in [0.1, 0.15) is 12.8 Å². The highest BCUT2D eigenvalue weighted by molar-refractivity contribution is 5.87.